The molecule has 106 heavy (non-hydrogen) atoms. The molecule has 2 aromatic carbocycles. The van der Waals surface area contributed by atoms with Gasteiger partial charge in [-0.15, -0.1) is 0 Å². The third-order valence-electron chi connectivity index (χ3n) is 17.1. The number of unbranched alkanes of at least 4 members (excludes halogenated alkanes) is 2. The van der Waals surface area contributed by atoms with Gasteiger partial charge in [0.1, 0.15) is 48.5 Å². The van der Waals surface area contributed by atoms with E-state index < -0.39 is 179 Å². The average molecular weight is 1560 g/mol. The lowest BCUT2D eigenvalue weighted by atomic mass is 9.90. The number of rotatable bonds is 30. The van der Waals surface area contributed by atoms with Crippen LogP contribution in [0.15, 0.2) is 71.8 Å². The minimum Gasteiger partial charge on any atom is -0.465 e. The molecule has 0 spiro atoms. The number of phosphoric acid groups is 2. The molecule has 3 rings (SSSR count). The van der Waals surface area contributed by atoms with Crippen LogP contribution < -0.4 is 48.3 Å². The SMILES string of the molecule is C/C=C(\C)[C@H]1OC(=O)[C@@H](C)NC(=O)[C@H]([C@H](C)CC)NC(=O)CN(C)C(=O)[C@@H](Cc2ccc(Cl)cc2)N(C)C(=O)[C@H](C)NC(=O)[C@@H](CC(C)C)OC(=O)/C(C)=C/C[C@H](OC(=O)NCCCCCOP(=O)(O)OP(=O)(O)OCc2ccc(NC(=O)[C@H](CCCNC(N)=O)NC(=O)[C@H](NC(=O)O)C(C)C)cc2)[C@@H]1C. The van der Waals surface area contributed by atoms with Crippen molar-refractivity contribution in [3.8, 4) is 0 Å². The Morgan fingerprint density at radius 3 is 1.99 bits per heavy atom. The summed E-state index contributed by atoms with van der Waals surface area (Å²) in [5, 5.41) is 29.9. The zero-order chi connectivity index (χ0) is 79.9. The Bertz CT molecular complexity index is 3510. The minimum atomic E-state index is -5.28. The fourth-order valence-corrected chi connectivity index (χ4v) is 12.8. The molecule has 0 bridgehead atoms. The van der Waals surface area contributed by atoms with Gasteiger partial charge in [-0.25, -0.2) is 33.1 Å². The maximum atomic E-state index is 14.4. The number of carboxylic acid groups (broad SMARTS) is 1. The van der Waals surface area contributed by atoms with E-state index in [9.17, 15) is 81.6 Å². The number of esters is 2. The van der Waals surface area contributed by atoms with Gasteiger partial charge in [0.15, 0.2) is 6.10 Å². The van der Waals surface area contributed by atoms with Gasteiger partial charge in [-0.3, -0.25) is 42.6 Å². The van der Waals surface area contributed by atoms with Crippen LogP contribution in [0.1, 0.15) is 146 Å². The number of nitrogens with two attached hydrogens (primary N) is 1. The number of ether oxygens (including phenoxy) is 3. The number of nitrogens with zero attached hydrogens (tertiary/aromatic N) is 2. The summed E-state index contributed by atoms with van der Waals surface area (Å²) in [6.07, 6.45) is -2.26. The third kappa shape index (κ3) is 32.3. The molecule has 13 N–H and O–H groups in total. The number of benzene rings is 2. The summed E-state index contributed by atoms with van der Waals surface area (Å²) in [6, 6.07) is 3.74. The first-order chi connectivity index (χ1) is 49.6. The van der Waals surface area contributed by atoms with E-state index in [2.05, 4.69) is 46.8 Å². The molecule has 2 aromatic rings. The summed E-state index contributed by atoms with van der Waals surface area (Å²) < 4.78 is 57.8. The van der Waals surface area contributed by atoms with Crippen molar-refractivity contribution in [3.05, 3.63) is 88.0 Å². The number of halogens is 1. The van der Waals surface area contributed by atoms with E-state index in [0.717, 1.165) is 9.80 Å². The first-order valence-corrected chi connectivity index (χ1v) is 38.2. The van der Waals surface area contributed by atoms with Gasteiger partial charge >= 0.3 is 45.8 Å². The Kier molecular flexibility index (Phi) is 38.6. The highest BCUT2D eigenvalue weighted by Crippen LogP contribution is 2.60. The number of carbonyl (C=O) groups excluding carboxylic acids is 11. The van der Waals surface area contributed by atoms with Crippen LogP contribution in [-0.4, -0.2) is 191 Å². The quantitative estimate of drug-likeness (QED) is 0.0132. The lowest BCUT2D eigenvalue weighted by Crippen LogP contribution is -2.57. The van der Waals surface area contributed by atoms with E-state index in [4.69, 9.17) is 40.6 Å². The predicted molar refractivity (Wildman–Crippen MR) is 389 cm³/mol. The maximum absolute atomic E-state index is 14.4. The van der Waals surface area contributed by atoms with Gasteiger partial charge < -0.3 is 87.2 Å². The van der Waals surface area contributed by atoms with Crippen LogP contribution in [0.25, 0.3) is 0 Å². The van der Waals surface area contributed by atoms with Crippen molar-refractivity contribution >= 4 is 104 Å². The molecular formula is C69H106ClN11O23P2. The molecule has 1 aliphatic heterocycles. The van der Waals surface area contributed by atoms with Crippen LogP contribution in [-0.2, 0) is 92.9 Å². The Labute approximate surface area is 623 Å². The van der Waals surface area contributed by atoms with Crippen molar-refractivity contribution in [1.29, 1.82) is 0 Å². The molecule has 11 amide bonds. The Balaban J connectivity index is 1.78. The number of amides is 11. The number of anilines is 1. The summed E-state index contributed by atoms with van der Waals surface area (Å²) in [5.41, 5.74) is 6.60. The molecule has 37 heteroatoms. The third-order valence-corrected chi connectivity index (χ3v) is 20.0. The highest BCUT2D eigenvalue weighted by atomic mass is 35.5. The second-order valence-corrected chi connectivity index (χ2v) is 30.2. The molecule has 0 aliphatic carbocycles. The van der Waals surface area contributed by atoms with Gasteiger partial charge in [0.25, 0.3) is 5.91 Å². The molecule has 0 aromatic heterocycles. The van der Waals surface area contributed by atoms with Gasteiger partial charge in [-0.1, -0.05) is 103 Å². The van der Waals surface area contributed by atoms with E-state index >= 15 is 0 Å². The zero-order valence-electron chi connectivity index (χ0n) is 62.4. The van der Waals surface area contributed by atoms with Crippen molar-refractivity contribution in [2.24, 2.45) is 29.4 Å². The normalized spacial score (nSPS) is 22.8. The Hall–Kier alpha value is -8.49. The Morgan fingerprint density at radius 1 is 0.783 bits per heavy atom. The lowest BCUT2D eigenvalue weighted by Gasteiger charge is -2.33. The largest absolute Gasteiger partial charge is 0.481 e. The molecule has 13 atom stereocenters. The number of hydrogen-bond acceptors (Lipinski definition) is 20. The molecule has 0 saturated carbocycles. The first kappa shape index (κ1) is 91.7. The van der Waals surface area contributed by atoms with Crippen molar-refractivity contribution in [3.63, 3.8) is 0 Å². The number of carbonyl (C=O) groups is 12. The zero-order valence-corrected chi connectivity index (χ0v) is 65.0. The second kappa shape index (κ2) is 44.6. The van der Waals surface area contributed by atoms with Crippen molar-refractivity contribution in [1.82, 2.24) is 47.0 Å². The van der Waals surface area contributed by atoms with Crippen molar-refractivity contribution in [2.45, 2.75) is 202 Å². The van der Waals surface area contributed by atoms with Gasteiger partial charge in [-0.05, 0) is 132 Å². The van der Waals surface area contributed by atoms with Crippen LogP contribution in [0.3, 0.4) is 0 Å². The molecule has 0 saturated heterocycles. The smallest absolute Gasteiger partial charge is 0.465 e. The van der Waals surface area contributed by atoms with Crippen LogP contribution >= 0.6 is 27.2 Å². The number of alkyl carbamates (subject to hydrolysis) is 1. The molecule has 1 heterocycles. The van der Waals surface area contributed by atoms with Crippen molar-refractivity contribution in [2.75, 3.05) is 45.7 Å². The van der Waals surface area contributed by atoms with E-state index in [1.165, 1.54) is 65.2 Å². The molecule has 0 radical (unpaired) electrons. The van der Waals surface area contributed by atoms with Crippen LogP contribution in [0, 0.1) is 23.7 Å². The highest BCUT2D eigenvalue weighted by molar-refractivity contribution is 7.61. The molecule has 34 nitrogen and oxygen atoms in total. The van der Waals surface area contributed by atoms with Crippen LogP contribution in [0.2, 0.25) is 5.02 Å². The summed E-state index contributed by atoms with van der Waals surface area (Å²) in [7, 11) is -7.80. The number of cyclic esters (lactones) is 2. The fourth-order valence-electron chi connectivity index (χ4n) is 10.6. The molecule has 0 fully saturated rings. The van der Waals surface area contributed by atoms with E-state index in [1.54, 1.807) is 92.7 Å². The number of primary amides is 1. The van der Waals surface area contributed by atoms with Crippen LogP contribution in [0.5, 0.6) is 0 Å². The average Bonchev–Trinajstić information content (AvgIpc) is 0.833. The molecular weight excluding hydrogens is 1450 g/mol. The van der Waals surface area contributed by atoms with Gasteiger partial charge in [0.2, 0.25) is 35.4 Å². The molecule has 2 unspecified atom stereocenters. The number of likely N-dealkylation sites (N-methyl/N-ethyl adjacent to an activating group) is 2. The molecule has 1 aliphatic rings. The van der Waals surface area contributed by atoms with Crippen molar-refractivity contribution < 1.29 is 109 Å². The fraction of sp³-hybridized carbons (Fsp3) is 0.594. The minimum absolute atomic E-state index is 0.00247. The summed E-state index contributed by atoms with van der Waals surface area (Å²) in [5.74, 6) is -9.16. The standard InChI is InChI=1S/C69H106ClN11O23P2/c1-15-41(7)57-62(86)75-46(12)66(90)103-58(42(8)16-2)44(10)53(31-22-43(9)65(89)101-54(35-39(3)4)60(84)74-45(11)63(87)81(14)52(36-47-23-27-49(70)28-24-47)64(88)80(13)37-55(82)78-57)102-69(94)73-32-18-17-19-34-99-105(95,96)104-106(97,98)100-38-48-25-29-50(30-26-48)76-59(83)51(21-20-33-72-67(71)91)77-61(85)56(40(5)6)79-68(92)93/h16,22-30,39-41,44-46,51-54,56-58,79H,15,17-21,31-38H2,1-14H3,(H,73,94)(H,74,84)(H,75,86)(H,76,83)(H,77,85)(H,78,82)(H,92,93)(H,95,96)(H,97,98)(H3,71,72,91)/b42-16+,43-22+/t41-,44+,45+,46-,51+,52-,53+,54-,56-,57+,58-/m1/s1. The predicted octanol–water partition coefficient (Wildman–Crippen LogP) is 6.41. The van der Waals surface area contributed by atoms with Gasteiger partial charge in [0, 0.05) is 62.2 Å². The highest BCUT2D eigenvalue weighted by Gasteiger charge is 2.40. The van der Waals surface area contributed by atoms with E-state index in [1.807, 2.05) is 0 Å². The van der Waals surface area contributed by atoms with Crippen LogP contribution in [0.4, 0.5) is 20.1 Å². The number of nitrogens with one attached hydrogen (secondary N) is 8. The first-order valence-electron chi connectivity index (χ1n) is 34.8. The maximum Gasteiger partial charge on any atom is 0.481 e. The van der Waals surface area contributed by atoms with E-state index in [-0.39, 0.29) is 87.2 Å². The van der Waals surface area contributed by atoms with E-state index in [0.29, 0.717) is 22.6 Å². The summed E-state index contributed by atoms with van der Waals surface area (Å²) >= 11 is 6.17. The summed E-state index contributed by atoms with van der Waals surface area (Å²) in [6.45, 7) is 17.7. The molecule has 592 valence electrons. The number of urea groups is 1. The summed E-state index contributed by atoms with van der Waals surface area (Å²) in [4.78, 5) is 184. The van der Waals surface area contributed by atoms with Gasteiger partial charge in [-0.2, -0.15) is 4.31 Å². The number of phosphoric ester groups is 2. The number of allylic oxidation sites excluding steroid dienone is 1. The van der Waals surface area contributed by atoms with Gasteiger partial charge in [0.05, 0.1) is 19.8 Å². The topological polar surface area (TPSA) is 484 Å². The second-order valence-electron chi connectivity index (χ2n) is 26.7. The lowest BCUT2D eigenvalue weighted by molar-refractivity contribution is -0.155. The monoisotopic (exact) mass is 1550 g/mol. The Morgan fingerprint density at radius 2 is 1.40 bits per heavy atom. The number of hydrogen-bond donors (Lipinski definition) is 12.